The highest BCUT2D eigenvalue weighted by Crippen LogP contribution is 2.28. The number of amides is 2. The van der Waals surface area contributed by atoms with Crippen LogP contribution >= 0.6 is 0 Å². The fourth-order valence-corrected chi connectivity index (χ4v) is 3.00. The van der Waals surface area contributed by atoms with E-state index in [1.54, 1.807) is 36.4 Å². The van der Waals surface area contributed by atoms with E-state index in [0.29, 0.717) is 35.0 Å². The number of nitrogens with one attached hydrogen (secondary N) is 2. The van der Waals surface area contributed by atoms with Gasteiger partial charge in [-0.15, -0.1) is 0 Å². The van der Waals surface area contributed by atoms with Gasteiger partial charge in [-0.2, -0.15) is 0 Å². The van der Waals surface area contributed by atoms with Crippen molar-refractivity contribution in [2.45, 2.75) is 13.5 Å². The van der Waals surface area contributed by atoms with Gasteiger partial charge in [0, 0.05) is 12.1 Å². The van der Waals surface area contributed by atoms with Gasteiger partial charge in [0.2, 0.25) is 0 Å². The highest BCUT2D eigenvalue weighted by molar-refractivity contribution is 5.95. The van der Waals surface area contributed by atoms with Crippen molar-refractivity contribution in [2.75, 3.05) is 26.1 Å². The summed E-state index contributed by atoms with van der Waals surface area (Å²) in [7, 11) is 3.01. The summed E-state index contributed by atoms with van der Waals surface area (Å²) in [5.74, 6) is 0.691. The summed E-state index contributed by atoms with van der Waals surface area (Å²) >= 11 is 0. The maximum absolute atomic E-state index is 12.5. The van der Waals surface area contributed by atoms with Gasteiger partial charge in [0.05, 0.1) is 19.9 Å². The number of ether oxygens (including phenoxy) is 3. The van der Waals surface area contributed by atoms with Crippen molar-refractivity contribution in [1.82, 2.24) is 5.32 Å². The summed E-state index contributed by atoms with van der Waals surface area (Å²) in [5.41, 5.74) is 3.16. The molecule has 0 aliphatic heterocycles. The molecule has 7 nitrogen and oxygen atoms in total. The molecule has 0 fully saturated rings. The van der Waals surface area contributed by atoms with E-state index in [9.17, 15) is 9.59 Å². The summed E-state index contributed by atoms with van der Waals surface area (Å²) < 4.78 is 16.2. The first-order valence-corrected chi connectivity index (χ1v) is 10.1. The van der Waals surface area contributed by atoms with Gasteiger partial charge in [0.25, 0.3) is 11.8 Å². The molecule has 166 valence electrons. The molecular formula is C25H26N2O5. The Morgan fingerprint density at radius 3 is 2.28 bits per heavy atom. The molecule has 2 amide bonds. The van der Waals surface area contributed by atoms with Crippen molar-refractivity contribution < 1.29 is 23.8 Å². The predicted molar refractivity (Wildman–Crippen MR) is 122 cm³/mol. The number of methoxy groups -OCH3 is 2. The maximum atomic E-state index is 12.5. The van der Waals surface area contributed by atoms with E-state index in [2.05, 4.69) is 10.6 Å². The molecule has 0 aliphatic rings. The van der Waals surface area contributed by atoms with Crippen LogP contribution in [0.2, 0.25) is 0 Å². The Kier molecular flexibility index (Phi) is 7.70. The lowest BCUT2D eigenvalue weighted by Gasteiger charge is -2.13. The summed E-state index contributed by atoms with van der Waals surface area (Å²) in [6.45, 7) is 2.20. The number of benzene rings is 3. The molecular weight excluding hydrogens is 408 g/mol. The molecule has 0 aliphatic carbocycles. The van der Waals surface area contributed by atoms with Crippen LogP contribution in [0.4, 0.5) is 5.69 Å². The topological polar surface area (TPSA) is 85.9 Å². The number of hydrogen-bond acceptors (Lipinski definition) is 5. The Bertz CT molecular complexity index is 1080. The zero-order valence-electron chi connectivity index (χ0n) is 18.3. The summed E-state index contributed by atoms with van der Waals surface area (Å²) in [5, 5.41) is 5.62. The predicted octanol–water partition coefficient (Wildman–Crippen LogP) is 3.96. The van der Waals surface area contributed by atoms with Gasteiger partial charge in [-0.3, -0.25) is 9.59 Å². The third-order valence-electron chi connectivity index (χ3n) is 4.74. The molecule has 0 saturated heterocycles. The average Bonchev–Trinajstić information content (AvgIpc) is 2.82. The van der Waals surface area contributed by atoms with Crippen LogP contribution in [0.25, 0.3) is 0 Å². The molecule has 0 bridgehead atoms. The molecule has 7 heteroatoms. The smallest absolute Gasteiger partial charge is 0.262 e. The number of para-hydroxylation sites is 2. The summed E-state index contributed by atoms with van der Waals surface area (Å²) in [6.07, 6.45) is 0. The molecule has 3 rings (SSSR count). The minimum atomic E-state index is -0.350. The number of carbonyl (C=O) groups is 2. The lowest BCUT2D eigenvalue weighted by molar-refractivity contribution is -0.118. The molecule has 3 aromatic rings. The SMILES string of the molecule is COc1ccccc1NC(=O)COc1ccc(C(=O)NCc2ccc(C)cc2)cc1OC. The van der Waals surface area contributed by atoms with E-state index >= 15 is 0 Å². The third-order valence-corrected chi connectivity index (χ3v) is 4.74. The molecule has 32 heavy (non-hydrogen) atoms. The van der Waals surface area contributed by atoms with E-state index in [-0.39, 0.29) is 18.4 Å². The van der Waals surface area contributed by atoms with Crippen LogP contribution in [0.1, 0.15) is 21.5 Å². The van der Waals surface area contributed by atoms with E-state index in [4.69, 9.17) is 14.2 Å². The fraction of sp³-hybridized carbons (Fsp3) is 0.200. The minimum absolute atomic E-state index is 0.229. The van der Waals surface area contributed by atoms with Crippen molar-refractivity contribution >= 4 is 17.5 Å². The van der Waals surface area contributed by atoms with Crippen LogP contribution in [0.3, 0.4) is 0 Å². The largest absolute Gasteiger partial charge is 0.495 e. The zero-order valence-corrected chi connectivity index (χ0v) is 18.3. The first kappa shape index (κ1) is 22.7. The Hall–Kier alpha value is -4.00. The molecule has 0 atom stereocenters. The van der Waals surface area contributed by atoms with Crippen molar-refractivity contribution in [3.8, 4) is 17.2 Å². The molecule has 3 aromatic carbocycles. The molecule has 2 N–H and O–H groups in total. The third kappa shape index (κ3) is 6.01. The van der Waals surface area contributed by atoms with E-state index < -0.39 is 0 Å². The molecule has 0 radical (unpaired) electrons. The monoisotopic (exact) mass is 434 g/mol. The quantitative estimate of drug-likeness (QED) is 0.532. The first-order valence-electron chi connectivity index (χ1n) is 10.1. The van der Waals surface area contributed by atoms with Gasteiger partial charge in [0.15, 0.2) is 18.1 Å². The van der Waals surface area contributed by atoms with Gasteiger partial charge >= 0.3 is 0 Å². The molecule has 0 saturated carbocycles. The molecule has 0 heterocycles. The van der Waals surface area contributed by atoms with E-state index in [0.717, 1.165) is 11.1 Å². The number of hydrogen-bond donors (Lipinski definition) is 2. The van der Waals surface area contributed by atoms with Crippen molar-refractivity contribution in [2.24, 2.45) is 0 Å². The lowest BCUT2D eigenvalue weighted by Crippen LogP contribution is -2.23. The van der Waals surface area contributed by atoms with Crippen molar-refractivity contribution in [3.05, 3.63) is 83.4 Å². The Morgan fingerprint density at radius 2 is 1.56 bits per heavy atom. The van der Waals surface area contributed by atoms with Crippen LogP contribution in [0.15, 0.2) is 66.7 Å². The highest BCUT2D eigenvalue weighted by atomic mass is 16.5. The van der Waals surface area contributed by atoms with Gasteiger partial charge in [0.1, 0.15) is 5.75 Å². The van der Waals surface area contributed by atoms with Crippen LogP contribution in [-0.2, 0) is 11.3 Å². The van der Waals surface area contributed by atoms with Crippen LogP contribution < -0.4 is 24.8 Å². The van der Waals surface area contributed by atoms with Gasteiger partial charge in [-0.05, 0) is 42.8 Å². The number of carbonyl (C=O) groups excluding carboxylic acids is 2. The second-order valence-electron chi connectivity index (χ2n) is 7.07. The highest BCUT2D eigenvalue weighted by Gasteiger charge is 2.13. The molecule has 0 spiro atoms. The second-order valence-corrected chi connectivity index (χ2v) is 7.07. The molecule has 0 aromatic heterocycles. The van der Waals surface area contributed by atoms with Gasteiger partial charge in [-0.1, -0.05) is 42.0 Å². The Morgan fingerprint density at radius 1 is 0.844 bits per heavy atom. The first-order chi connectivity index (χ1) is 15.5. The van der Waals surface area contributed by atoms with Crippen LogP contribution in [0.5, 0.6) is 17.2 Å². The van der Waals surface area contributed by atoms with Crippen molar-refractivity contribution in [3.63, 3.8) is 0 Å². The Labute approximate surface area is 187 Å². The number of anilines is 1. The normalized spacial score (nSPS) is 10.2. The maximum Gasteiger partial charge on any atom is 0.262 e. The van der Waals surface area contributed by atoms with Crippen molar-refractivity contribution in [1.29, 1.82) is 0 Å². The summed E-state index contributed by atoms with van der Waals surface area (Å²) in [6, 6.07) is 19.9. The summed E-state index contributed by atoms with van der Waals surface area (Å²) in [4.78, 5) is 24.8. The zero-order chi connectivity index (χ0) is 22.9. The van der Waals surface area contributed by atoms with Gasteiger partial charge < -0.3 is 24.8 Å². The second kappa shape index (κ2) is 10.9. The average molecular weight is 434 g/mol. The van der Waals surface area contributed by atoms with Gasteiger partial charge in [-0.25, -0.2) is 0 Å². The van der Waals surface area contributed by atoms with E-state index in [1.807, 2.05) is 37.3 Å². The van der Waals surface area contributed by atoms with E-state index in [1.165, 1.54) is 14.2 Å². The molecule has 0 unspecified atom stereocenters. The van der Waals surface area contributed by atoms with Crippen LogP contribution in [-0.4, -0.2) is 32.6 Å². The number of aryl methyl sites for hydroxylation is 1. The van der Waals surface area contributed by atoms with Crippen LogP contribution in [0, 0.1) is 6.92 Å². The standard InChI is InChI=1S/C25H26N2O5/c1-17-8-10-18(11-9-17)15-26-25(29)19-12-13-22(23(14-19)31-3)32-16-24(28)27-20-6-4-5-7-21(20)30-2/h4-14H,15-16H2,1-3H3,(H,26,29)(H,27,28). The Balaban J connectivity index is 1.58. The number of rotatable bonds is 9. The minimum Gasteiger partial charge on any atom is -0.495 e. The lowest BCUT2D eigenvalue weighted by atomic mass is 10.1. The fourth-order valence-electron chi connectivity index (χ4n) is 3.00.